The maximum Gasteiger partial charge on any atom is 0.410 e. The van der Waals surface area contributed by atoms with Crippen LogP contribution >= 0.6 is 0 Å². The molecular weight excluding hydrogens is 817 g/mol. The predicted molar refractivity (Wildman–Crippen MR) is 223 cm³/mol. The molecule has 2 aromatic rings. The molecule has 0 radical (unpaired) electrons. The van der Waals surface area contributed by atoms with Gasteiger partial charge in [0, 0.05) is 24.5 Å². The summed E-state index contributed by atoms with van der Waals surface area (Å²) < 4.78 is 73.9. The third kappa shape index (κ3) is 10.6. The Hall–Kier alpha value is -4.58. The highest BCUT2D eigenvalue weighted by Crippen LogP contribution is 2.46. The second-order valence-corrected chi connectivity index (χ2v) is 22.0. The van der Waals surface area contributed by atoms with Crippen LogP contribution in [0.15, 0.2) is 46.2 Å². The van der Waals surface area contributed by atoms with Crippen LogP contribution in [-0.4, -0.2) is 98.8 Å². The summed E-state index contributed by atoms with van der Waals surface area (Å²) in [7, 11) is -7.17. The molecule has 6 rings (SSSR count). The predicted octanol–water partition coefficient (Wildman–Crippen LogP) is 6.13. The minimum Gasteiger partial charge on any atom is -0.466 e. The molecule has 0 aromatic heterocycles. The standard InChI is InChI=1S/2C21H30N2O6S/c2*1-5-28-19(24)15-10-11-23(20(25)29-21(2,3)4)18(15)16-12-13(22)6-9-17(16)30(26,27)14-7-8-14/h2*6,9,12,14-15,18H,5,7-8,10-11,22H2,1-4H3/t2*15-,18+/m10/s1. The van der Waals surface area contributed by atoms with Gasteiger partial charge in [0.2, 0.25) is 0 Å². The first kappa shape index (κ1) is 46.5. The maximum absolute atomic E-state index is 13.1. The van der Waals surface area contributed by atoms with Crippen LogP contribution in [0.4, 0.5) is 21.0 Å². The fourth-order valence-corrected chi connectivity index (χ4v) is 11.4. The van der Waals surface area contributed by atoms with Crippen molar-refractivity contribution < 1.29 is 55.0 Å². The summed E-state index contributed by atoms with van der Waals surface area (Å²) >= 11 is 0. The second-order valence-electron chi connectivity index (χ2n) is 17.6. The van der Waals surface area contributed by atoms with Gasteiger partial charge in [0.1, 0.15) is 11.2 Å². The summed E-state index contributed by atoms with van der Waals surface area (Å²) in [5.41, 5.74) is 11.9. The number of nitrogens with two attached hydrogens (primary N) is 2. The van der Waals surface area contributed by atoms with Gasteiger partial charge in [0.15, 0.2) is 19.7 Å². The van der Waals surface area contributed by atoms with E-state index < -0.39 is 89.4 Å². The van der Waals surface area contributed by atoms with Gasteiger partial charge >= 0.3 is 24.1 Å². The van der Waals surface area contributed by atoms with Gasteiger partial charge in [-0.25, -0.2) is 26.4 Å². The fraction of sp³-hybridized carbons (Fsp3) is 0.619. The maximum atomic E-state index is 13.1. The highest BCUT2D eigenvalue weighted by atomic mass is 32.2. The van der Waals surface area contributed by atoms with Crippen LogP contribution in [0.25, 0.3) is 0 Å². The van der Waals surface area contributed by atoms with Crippen LogP contribution in [0.2, 0.25) is 0 Å². The van der Waals surface area contributed by atoms with Crippen LogP contribution in [0.3, 0.4) is 0 Å². The van der Waals surface area contributed by atoms with Crippen molar-refractivity contribution in [3.8, 4) is 0 Å². The average molecular weight is 877 g/mol. The molecule has 0 bridgehead atoms. The SMILES string of the molecule is CCOC(=O)[C@@H]1CCN(C(=O)OC(C)(C)C)[C@@H]1c1cc(N)ccc1S(=O)(=O)C1CC1.CCOC(=O)[C@H]1CCN(C(=O)OC(C)(C)C)[C@H]1c1cc(N)ccc1S(=O)(=O)C1CC1. The third-order valence-corrected chi connectivity index (χ3v) is 15.1. The summed E-state index contributed by atoms with van der Waals surface area (Å²) in [6, 6.07) is 7.47. The number of hydrogen-bond donors (Lipinski definition) is 2. The number of rotatable bonds is 10. The van der Waals surface area contributed by atoms with E-state index in [1.807, 2.05) is 0 Å². The first-order valence-corrected chi connectivity index (χ1v) is 23.6. The van der Waals surface area contributed by atoms with Crippen LogP contribution in [0, 0.1) is 11.8 Å². The topological polar surface area (TPSA) is 232 Å². The quantitative estimate of drug-likeness (QED) is 0.155. The summed E-state index contributed by atoms with van der Waals surface area (Å²) in [4.78, 5) is 54.3. The highest BCUT2D eigenvalue weighted by Gasteiger charge is 2.49. The molecule has 2 amide bonds. The average Bonchev–Trinajstić information content (AvgIpc) is 4.08. The van der Waals surface area contributed by atoms with Gasteiger partial charge in [-0.05, 0) is 141 Å². The van der Waals surface area contributed by atoms with E-state index in [0.717, 1.165) is 0 Å². The van der Waals surface area contributed by atoms with Gasteiger partial charge in [0.05, 0.1) is 57.4 Å². The Labute approximate surface area is 353 Å². The van der Waals surface area contributed by atoms with Gasteiger partial charge < -0.3 is 40.2 Å². The molecule has 0 spiro atoms. The summed E-state index contributed by atoms with van der Waals surface area (Å²) in [6.07, 6.45) is 1.91. The molecule has 2 saturated carbocycles. The van der Waals surface area contributed by atoms with E-state index in [0.29, 0.717) is 61.0 Å². The number of nitrogens with zero attached hydrogens (tertiary/aromatic N) is 2. The lowest BCUT2D eigenvalue weighted by atomic mass is 9.93. The summed E-state index contributed by atoms with van der Waals surface area (Å²) in [6.45, 7) is 14.8. The van der Waals surface area contributed by atoms with Crippen molar-refractivity contribution in [2.24, 2.45) is 11.8 Å². The van der Waals surface area contributed by atoms with Gasteiger partial charge in [-0.15, -0.1) is 0 Å². The number of sulfone groups is 2. The zero-order chi connectivity index (χ0) is 44.5. The molecule has 332 valence electrons. The number of amides is 2. The highest BCUT2D eigenvalue weighted by molar-refractivity contribution is 7.92. The van der Waals surface area contributed by atoms with Crippen molar-refractivity contribution in [1.82, 2.24) is 9.80 Å². The molecule has 16 nitrogen and oxygen atoms in total. The zero-order valence-corrected chi connectivity index (χ0v) is 37.4. The minimum atomic E-state index is -3.58. The van der Waals surface area contributed by atoms with E-state index in [9.17, 15) is 36.0 Å². The molecule has 4 N–H and O–H groups in total. The lowest BCUT2D eigenvalue weighted by molar-refractivity contribution is -0.149. The smallest absolute Gasteiger partial charge is 0.410 e. The first-order chi connectivity index (χ1) is 27.9. The van der Waals surface area contributed by atoms with E-state index in [2.05, 4.69) is 0 Å². The zero-order valence-electron chi connectivity index (χ0n) is 35.8. The molecule has 2 saturated heterocycles. The van der Waals surface area contributed by atoms with Crippen molar-refractivity contribution in [2.45, 2.75) is 137 Å². The number of nitrogen functional groups attached to an aromatic ring is 2. The summed E-state index contributed by atoms with van der Waals surface area (Å²) in [5, 5.41) is -0.866. The second kappa shape index (κ2) is 17.8. The van der Waals surface area contributed by atoms with E-state index >= 15 is 0 Å². The lowest BCUT2D eigenvalue weighted by Crippen LogP contribution is -2.39. The Morgan fingerprint density at radius 3 is 1.22 bits per heavy atom. The van der Waals surface area contributed by atoms with Crippen LogP contribution in [-0.2, 0) is 48.2 Å². The van der Waals surface area contributed by atoms with Gasteiger partial charge in [-0.1, -0.05) is 0 Å². The number of anilines is 2. The van der Waals surface area contributed by atoms with Gasteiger partial charge in [-0.3, -0.25) is 9.59 Å². The molecule has 4 aliphatic rings. The number of esters is 2. The molecule has 2 heterocycles. The fourth-order valence-electron chi connectivity index (χ4n) is 7.63. The van der Waals surface area contributed by atoms with Crippen molar-refractivity contribution in [2.75, 3.05) is 37.8 Å². The number of likely N-dealkylation sites (tertiary alicyclic amines) is 2. The summed E-state index contributed by atoms with van der Waals surface area (Å²) in [5.74, 6) is -2.34. The number of hydrogen-bond acceptors (Lipinski definition) is 14. The van der Waals surface area contributed by atoms with Crippen molar-refractivity contribution in [3.05, 3.63) is 47.5 Å². The third-order valence-electron chi connectivity index (χ3n) is 10.5. The Balaban J connectivity index is 0.000000228. The van der Waals surface area contributed by atoms with Crippen LogP contribution in [0.1, 0.15) is 117 Å². The molecule has 4 atom stereocenters. The van der Waals surface area contributed by atoms with E-state index in [1.165, 1.54) is 34.1 Å². The van der Waals surface area contributed by atoms with Crippen molar-refractivity contribution >= 4 is 55.2 Å². The van der Waals surface area contributed by atoms with Crippen LogP contribution < -0.4 is 11.5 Å². The number of carbonyl (C=O) groups is 4. The number of benzene rings is 2. The molecule has 4 fully saturated rings. The molecule has 2 aromatic carbocycles. The minimum absolute atomic E-state index is 0.119. The molecule has 0 unspecified atom stereocenters. The lowest BCUT2D eigenvalue weighted by Gasteiger charge is -2.31. The molecule has 18 heteroatoms. The van der Waals surface area contributed by atoms with Crippen LogP contribution in [0.5, 0.6) is 0 Å². The van der Waals surface area contributed by atoms with E-state index in [4.69, 9.17) is 30.4 Å². The van der Waals surface area contributed by atoms with E-state index in [1.54, 1.807) is 67.5 Å². The number of ether oxygens (including phenoxy) is 4. The van der Waals surface area contributed by atoms with Crippen molar-refractivity contribution in [3.63, 3.8) is 0 Å². The Morgan fingerprint density at radius 1 is 0.600 bits per heavy atom. The molecule has 60 heavy (non-hydrogen) atoms. The molecular formula is C42H60N4O12S2. The Bertz CT molecular complexity index is 2020. The monoisotopic (exact) mass is 876 g/mol. The normalized spacial score (nSPS) is 22.1. The molecule has 2 aliphatic heterocycles. The largest absolute Gasteiger partial charge is 0.466 e. The van der Waals surface area contributed by atoms with Gasteiger partial charge in [-0.2, -0.15) is 0 Å². The Morgan fingerprint density at radius 2 is 0.933 bits per heavy atom. The van der Waals surface area contributed by atoms with Gasteiger partial charge in [0.25, 0.3) is 0 Å². The first-order valence-electron chi connectivity index (χ1n) is 20.5. The Kier molecular flexibility index (Phi) is 13.8. The van der Waals surface area contributed by atoms with Crippen molar-refractivity contribution in [1.29, 1.82) is 0 Å². The number of carbonyl (C=O) groups excluding carboxylic acids is 4. The molecule has 2 aliphatic carbocycles. The van der Waals surface area contributed by atoms with E-state index in [-0.39, 0.29) is 36.1 Å².